The van der Waals surface area contributed by atoms with Crippen molar-refractivity contribution in [2.45, 2.75) is 69.6 Å². The molecule has 1 spiro atoms. The third kappa shape index (κ3) is 4.94. The second kappa shape index (κ2) is 12.4. The van der Waals surface area contributed by atoms with Gasteiger partial charge in [-0.05, 0) is 118 Å². The first-order chi connectivity index (χ1) is 27.8. The smallest absolute Gasteiger partial charge is 0.0645 e. The van der Waals surface area contributed by atoms with Crippen LogP contribution in [0, 0.1) is 0 Å². The van der Waals surface area contributed by atoms with Gasteiger partial charge in [-0.15, -0.1) is 0 Å². The fraction of sp³-hybridized carbons (Fsp3) is 0.204. The van der Waals surface area contributed by atoms with Crippen LogP contribution in [-0.4, -0.2) is 4.98 Å². The lowest BCUT2D eigenvalue weighted by atomic mass is 9.73. The van der Waals surface area contributed by atoms with Crippen molar-refractivity contribution >= 4 is 46.3 Å². The van der Waals surface area contributed by atoms with Crippen LogP contribution in [0.2, 0.25) is 0 Å². The number of hydrogen-bond acceptors (Lipinski definition) is 3. The van der Waals surface area contributed by atoms with Crippen molar-refractivity contribution in [2.75, 3.05) is 9.80 Å². The number of rotatable bonds is 4. The second-order valence-electron chi connectivity index (χ2n) is 17.6. The van der Waals surface area contributed by atoms with Gasteiger partial charge in [0.05, 0.1) is 40.3 Å². The first-order valence-corrected chi connectivity index (χ1v) is 20.7. The maximum absolute atomic E-state index is 4.99. The summed E-state index contributed by atoms with van der Waals surface area (Å²) in [5.41, 5.74) is 20.5. The molecule has 6 aromatic carbocycles. The number of benzene rings is 6. The maximum Gasteiger partial charge on any atom is 0.0645 e. The van der Waals surface area contributed by atoms with Gasteiger partial charge < -0.3 is 9.80 Å². The van der Waals surface area contributed by atoms with Crippen molar-refractivity contribution in [1.82, 2.24) is 4.98 Å². The molecule has 7 aromatic rings. The molecule has 0 atom stereocenters. The van der Waals surface area contributed by atoms with Gasteiger partial charge in [0.1, 0.15) is 0 Å². The number of hydrogen-bond donors (Lipinski definition) is 0. The zero-order valence-electron chi connectivity index (χ0n) is 33.3. The summed E-state index contributed by atoms with van der Waals surface area (Å²) in [5, 5.41) is 0. The molecule has 1 saturated carbocycles. The van der Waals surface area contributed by atoms with Crippen LogP contribution < -0.4 is 9.80 Å². The van der Waals surface area contributed by atoms with Gasteiger partial charge in [-0.2, -0.15) is 0 Å². The molecule has 3 nitrogen and oxygen atoms in total. The highest BCUT2D eigenvalue weighted by Crippen LogP contribution is 2.59. The molecule has 1 aromatic heterocycles. The first-order valence-electron chi connectivity index (χ1n) is 20.7. The summed E-state index contributed by atoms with van der Waals surface area (Å²) < 4.78 is 0. The van der Waals surface area contributed by atoms with E-state index in [9.17, 15) is 0 Å². The molecule has 0 bridgehead atoms. The summed E-state index contributed by atoms with van der Waals surface area (Å²) in [4.78, 5) is 9.87. The minimum Gasteiger partial charge on any atom is -0.310 e. The summed E-state index contributed by atoms with van der Waals surface area (Å²) in [6, 6.07) is 54.3. The average molecular weight is 738 g/mol. The minimum atomic E-state index is -0.0837. The number of para-hydroxylation sites is 4. The topological polar surface area (TPSA) is 19.4 Å². The highest BCUT2D eigenvalue weighted by Gasteiger charge is 2.46. The predicted molar refractivity (Wildman–Crippen MR) is 238 cm³/mol. The van der Waals surface area contributed by atoms with Gasteiger partial charge in [-0.3, -0.25) is 4.98 Å². The quantitative estimate of drug-likeness (QED) is 0.179. The SMILES string of the molecule is CC1(C)c2ccccc2N(c2ccc(C=Cc3ccc4c(c3)C3(CCCC3)c3cc(N5c6ccccc6C(C)(C)c6ccccc65)ccc3-4)nc2)c2ccccc21. The lowest BCUT2D eigenvalue weighted by molar-refractivity contribution is 0.550. The fourth-order valence-electron chi connectivity index (χ4n) is 11.0. The summed E-state index contributed by atoms with van der Waals surface area (Å²) in [6.07, 6.45) is 11.3. The van der Waals surface area contributed by atoms with E-state index in [0.717, 1.165) is 11.4 Å². The third-order valence-electron chi connectivity index (χ3n) is 13.8. The Hall–Kier alpha value is -6.19. The van der Waals surface area contributed by atoms with Crippen LogP contribution >= 0.6 is 0 Å². The molecule has 0 saturated heterocycles. The van der Waals surface area contributed by atoms with E-state index in [0.29, 0.717) is 0 Å². The van der Waals surface area contributed by atoms with Gasteiger partial charge in [-0.1, -0.05) is 144 Å². The Morgan fingerprint density at radius 1 is 0.456 bits per heavy atom. The number of nitrogens with zero attached hydrogens (tertiary/aromatic N) is 3. The van der Waals surface area contributed by atoms with Gasteiger partial charge in [0.2, 0.25) is 0 Å². The highest BCUT2D eigenvalue weighted by atomic mass is 15.2. The van der Waals surface area contributed by atoms with Gasteiger partial charge in [0.15, 0.2) is 0 Å². The van der Waals surface area contributed by atoms with Crippen molar-refractivity contribution in [2.24, 2.45) is 0 Å². The van der Waals surface area contributed by atoms with Crippen LogP contribution in [0.5, 0.6) is 0 Å². The summed E-state index contributed by atoms with van der Waals surface area (Å²) >= 11 is 0. The van der Waals surface area contributed by atoms with Crippen molar-refractivity contribution < 1.29 is 0 Å². The van der Waals surface area contributed by atoms with Crippen molar-refractivity contribution in [3.8, 4) is 11.1 Å². The molecule has 11 rings (SSSR count). The zero-order valence-corrected chi connectivity index (χ0v) is 33.3. The lowest BCUT2D eigenvalue weighted by Gasteiger charge is -2.42. The van der Waals surface area contributed by atoms with Crippen LogP contribution in [0.3, 0.4) is 0 Å². The van der Waals surface area contributed by atoms with Crippen LogP contribution in [0.25, 0.3) is 23.3 Å². The van der Waals surface area contributed by atoms with Gasteiger partial charge in [0, 0.05) is 21.9 Å². The van der Waals surface area contributed by atoms with E-state index < -0.39 is 0 Å². The van der Waals surface area contributed by atoms with Gasteiger partial charge in [-0.25, -0.2) is 0 Å². The monoisotopic (exact) mass is 737 g/mol. The molecular formula is C54H47N3. The summed E-state index contributed by atoms with van der Waals surface area (Å²) in [5.74, 6) is 0. The molecule has 2 aliphatic heterocycles. The lowest BCUT2D eigenvalue weighted by Crippen LogP contribution is -2.30. The van der Waals surface area contributed by atoms with E-state index in [4.69, 9.17) is 4.98 Å². The van der Waals surface area contributed by atoms with Crippen molar-refractivity contribution in [3.63, 3.8) is 0 Å². The Labute approximate surface area is 337 Å². The number of pyridine rings is 1. The normalized spacial score (nSPS) is 17.5. The van der Waals surface area contributed by atoms with Crippen LogP contribution in [0.4, 0.5) is 34.1 Å². The number of aromatic nitrogens is 1. The first kappa shape index (κ1) is 34.1. The molecule has 278 valence electrons. The van der Waals surface area contributed by atoms with Gasteiger partial charge in [0.25, 0.3) is 0 Å². The van der Waals surface area contributed by atoms with Crippen LogP contribution in [-0.2, 0) is 16.2 Å². The molecule has 4 aliphatic rings. The second-order valence-corrected chi connectivity index (χ2v) is 17.6. The van der Waals surface area contributed by atoms with Crippen LogP contribution in [0.15, 0.2) is 152 Å². The Kier molecular flexibility index (Phi) is 7.42. The van der Waals surface area contributed by atoms with E-state index in [2.05, 4.69) is 195 Å². The van der Waals surface area contributed by atoms with E-state index in [1.165, 1.54) is 104 Å². The van der Waals surface area contributed by atoms with E-state index in [-0.39, 0.29) is 16.2 Å². The number of anilines is 6. The molecular weight excluding hydrogens is 691 g/mol. The van der Waals surface area contributed by atoms with Gasteiger partial charge >= 0.3 is 0 Å². The van der Waals surface area contributed by atoms with E-state index >= 15 is 0 Å². The standard InChI is InChI=1S/C54H47N3/c1-52(2)42-15-5-9-19-48(42)56(49-20-10-6-16-43(49)52)38-28-30-41-40-29-24-36(33-46(40)54(47(41)34-38)31-13-14-32-54)23-25-37-26-27-39(35-55-37)57-50-21-11-7-17-44(50)53(3,4)45-18-8-12-22-51(45)57/h5-12,15-30,33-35H,13-14,31-32H2,1-4H3. The Bertz CT molecular complexity index is 2660. The Balaban J connectivity index is 0.925. The fourth-order valence-corrected chi connectivity index (χ4v) is 11.0. The highest BCUT2D eigenvalue weighted by molar-refractivity contribution is 5.90. The summed E-state index contributed by atoms with van der Waals surface area (Å²) in [6.45, 7) is 9.37. The maximum atomic E-state index is 4.99. The van der Waals surface area contributed by atoms with Crippen molar-refractivity contribution in [3.05, 3.63) is 196 Å². The van der Waals surface area contributed by atoms with E-state index in [1.807, 2.05) is 6.20 Å². The molecule has 1 fully saturated rings. The molecule has 0 radical (unpaired) electrons. The molecule has 0 N–H and O–H groups in total. The zero-order chi connectivity index (χ0) is 38.5. The molecule has 0 unspecified atom stereocenters. The third-order valence-corrected chi connectivity index (χ3v) is 13.8. The molecule has 3 heterocycles. The van der Waals surface area contributed by atoms with Crippen LogP contribution in [0.1, 0.15) is 98.0 Å². The largest absolute Gasteiger partial charge is 0.310 e. The number of fused-ring (bicyclic) bond motifs is 9. The Morgan fingerprint density at radius 2 is 0.912 bits per heavy atom. The minimum absolute atomic E-state index is 0.0358. The molecule has 2 aliphatic carbocycles. The van der Waals surface area contributed by atoms with E-state index in [1.54, 1.807) is 0 Å². The Morgan fingerprint density at radius 3 is 1.42 bits per heavy atom. The average Bonchev–Trinajstić information content (AvgIpc) is 3.84. The predicted octanol–water partition coefficient (Wildman–Crippen LogP) is 14.3. The molecule has 0 amide bonds. The molecule has 57 heavy (non-hydrogen) atoms. The van der Waals surface area contributed by atoms with Crippen molar-refractivity contribution in [1.29, 1.82) is 0 Å². The summed E-state index contributed by atoms with van der Waals surface area (Å²) in [7, 11) is 0. The molecule has 3 heteroatoms.